The fraction of sp³-hybridized carbons (Fsp3) is 0.538. The van der Waals surface area contributed by atoms with Gasteiger partial charge in [0.1, 0.15) is 0 Å². The van der Waals surface area contributed by atoms with Crippen LogP contribution in [0.5, 0.6) is 0 Å². The molecule has 84 valence electrons. The minimum atomic E-state index is 0.250. The predicted octanol–water partition coefficient (Wildman–Crippen LogP) is 2.02. The van der Waals surface area contributed by atoms with E-state index in [2.05, 4.69) is 37.4 Å². The maximum absolute atomic E-state index is 8.89. The average Bonchev–Trinajstić information content (AvgIpc) is 2.24. The summed E-state index contributed by atoms with van der Waals surface area (Å²) in [5.41, 5.74) is 4.05. The quantitative estimate of drug-likeness (QED) is 0.774. The Morgan fingerprint density at radius 2 is 2.07 bits per heavy atom. The molecule has 0 aliphatic carbocycles. The molecule has 0 fully saturated rings. The summed E-state index contributed by atoms with van der Waals surface area (Å²) in [4.78, 5) is 0. The van der Waals surface area contributed by atoms with Gasteiger partial charge >= 0.3 is 0 Å². The molecule has 2 heteroatoms. The molecule has 15 heavy (non-hydrogen) atoms. The number of aryl methyl sites for hydroxylation is 1. The standard InChI is InChI=1S/C13H21NO/c1-10(9-15)7-14-8-13-6-4-5-11(2)12(13)3/h4-6,10,14-15H,7-9H2,1-3H3. The van der Waals surface area contributed by atoms with Gasteiger partial charge in [-0.1, -0.05) is 25.1 Å². The van der Waals surface area contributed by atoms with Crippen molar-refractivity contribution >= 4 is 0 Å². The Kier molecular flexibility index (Phi) is 4.79. The molecule has 2 nitrogen and oxygen atoms in total. The number of aliphatic hydroxyl groups excluding tert-OH is 1. The monoisotopic (exact) mass is 207 g/mol. The maximum Gasteiger partial charge on any atom is 0.0468 e. The van der Waals surface area contributed by atoms with E-state index in [1.165, 1.54) is 16.7 Å². The van der Waals surface area contributed by atoms with Crippen molar-refractivity contribution in [3.8, 4) is 0 Å². The molecule has 0 saturated heterocycles. The van der Waals surface area contributed by atoms with E-state index in [1.54, 1.807) is 0 Å². The van der Waals surface area contributed by atoms with Crippen LogP contribution in [0.2, 0.25) is 0 Å². The zero-order chi connectivity index (χ0) is 11.3. The summed E-state index contributed by atoms with van der Waals surface area (Å²) >= 11 is 0. The van der Waals surface area contributed by atoms with Crippen molar-refractivity contribution in [3.05, 3.63) is 34.9 Å². The Balaban J connectivity index is 2.47. The number of rotatable bonds is 5. The third-order valence-corrected chi connectivity index (χ3v) is 2.84. The first-order valence-corrected chi connectivity index (χ1v) is 5.51. The molecule has 0 aromatic heterocycles. The van der Waals surface area contributed by atoms with Crippen molar-refractivity contribution in [2.45, 2.75) is 27.3 Å². The molecule has 0 bridgehead atoms. The summed E-state index contributed by atoms with van der Waals surface area (Å²) in [7, 11) is 0. The number of benzene rings is 1. The Bertz CT molecular complexity index is 309. The van der Waals surface area contributed by atoms with Crippen LogP contribution in [0.3, 0.4) is 0 Å². The lowest BCUT2D eigenvalue weighted by Crippen LogP contribution is -2.23. The third-order valence-electron chi connectivity index (χ3n) is 2.84. The van der Waals surface area contributed by atoms with Gasteiger partial charge in [-0.3, -0.25) is 0 Å². The number of hydrogen-bond acceptors (Lipinski definition) is 2. The fourth-order valence-corrected chi connectivity index (χ4v) is 1.52. The predicted molar refractivity (Wildman–Crippen MR) is 63.9 cm³/mol. The molecule has 0 radical (unpaired) electrons. The molecule has 0 aliphatic heterocycles. The van der Waals surface area contributed by atoms with E-state index in [1.807, 2.05) is 6.92 Å². The number of nitrogens with one attached hydrogen (secondary N) is 1. The topological polar surface area (TPSA) is 32.3 Å². The molecule has 1 rings (SSSR count). The molecule has 0 aliphatic rings. The van der Waals surface area contributed by atoms with Crippen molar-refractivity contribution in [1.29, 1.82) is 0 Å². The number of hydrogen-bond donors (Lipinski definition) is 2. The summed E-state index contributed by atoms with van der Waals surface area (Å²) in [6.45, 7) is 8.33. The highest BCUT2D eigenvalue weighted by Gasteiger charge is 2.02. The van der Waals surface area contributed by atoms with Crippen molar-refractivity contribution in [2.24, 2.45) is 5.92 Å². The molecular formula is C13H21NO. The molecule has 0 spiro atoms. The summed E-state index contributed by atoms with van der Waals surface area (Å²) in [6, 6.07) is 6.38. The molecule has 0 heterocycles. The van der Waals surface area contributed by atoms with Crippen LogP contribution >= 0.6 is 0 Å². The first-order valence-electron chi connectivity index (χ1n) is 5.51. The maximum atomic E-state index is 8.89. The Morgan fingerprint density at radius 3 is 2.73 bits per heavy atom. The molecule has 1 aromatic carbocycles. The van der Waals surface area contributed by atoms with Gasteiger partial charge in [0.2, 0.25) is 0 Å². The second-order valence-electron chi connectivity index (χ2n) is 4.28. The summed E-state index contributed by atoms with van der Waals surface area (Å²) in [6.07, 6.45) is 0. The highest BCUT2D eigenvalue weighted by molar-refractivity contribution is 5.32. The second-order valence-corrected chi connectivity index (χ2v) is 4.28. The van der Waals surface area contributed by atoms with Gasteiger partial charge in [0, 0.05) is 19.7 Å². The first-order chi connectivity index (χ1) is 7.15. The van der Waals surface area contributed by atoms with Gasteiger partial charge < -0.3 is 10.4 Å². The van der Waals surface area contributed by atoms with Crippen molar-refractivity contribution in [2.75, 3.05) is 13.2 Å². The van der Waals surface area contributed by atoms with Crippen LogP contribution in [0.25, 0.3) is 0 Å². The normalized spacial score (nSPS) is 12.8. The van der Waals surface area contributed by atoms with Gasteiger partial charge in [-0.15, -0.1) is 0 Å². The molecule has 0 saturated carbocycles. The zero-order valence-corrected chi connectivity index (χ0v) is 9.88. The SMILES string of the molecule is Cc1cccc(CNCC(C)CO)c1C. The molecule has 1 unspecified atom stereocenters. The van der Waals surface area contributed by atoms with E-state index in [9.17, 15) is 0 Å². The van der Waals surface area contributed by atoms with E-state index >= 15 is 0 Å². The van der Waals surface area contributed by atoms with Crippen molar-refractivity contribution in [1.82, 2.24) is 5.32 Å². The second kappa shape index (κ2) is 5.89. The van der Waals surface area contributed by atoms with Crippen LogP contribution in [0.15, 0.2) is 18.2 Å². The summed E-state index contributed by atoms with van der Waals surface area (Å²) in [5.74, 6) is 0.329. The molecule has 2 N–H and O–H groups in total. The minimum absolute atomic E-state index is 0.250. The lowest BCUT2D eigenvalue weighted by molar-refractivity contribution is 0.233. The number of aliphatic hydroxyl groups is 1. The smallest absolute Gasteiger partial charge is 0.0468 e. The highest BCUT2D eigenvalue weighted by Crippen LogP contribution is 2.12. The summed E-state index contributed by atoms with van der Waals surface area (Å²) in [5, 5.41) is 12.3. The molecular weight excluding hydrogens is 186 g/mol. The largest absolute Gasteiger partial charge is 0.396 e. The lowest BCUT2D eigenvalue weighted by Gasteiger charge is -2.12. The van der Waals surface area contributed by atoms with Crippen LogP contribution in [0.4, 0.5) is 0 Å². The highest BCUT2D eigenvalue weighted by atomic mass is 16.3. The van der Waals surface area contributed by atoms with Crippen LogP contribution in [0, 0.1) is 19.8 Å². The van der Waals surface area contributed by atoms with Gasteiger partial charge in [-0.2, -0.15) is 0 Å². The molecule has 1 aromatic rings. The van der Waals surface area contributed by atoms with E-state index in [4.69, 9.17) is 5.11 Å². The molecule has 1 atom stereocenters. The zero-order valence-electron chi connectivity index (χ0n) is 9.88. The van der Waals surface area contributed by atoms with Crippen LogP contribution in [-0.4, -0.2) is 18.3 Å². The van der Waals surface area contributed by atoms with Gasteiger partial charge in [-0.25, -0.2) is 0 Å². The van der Waals surface area contributed by atoms with Gasteiger partial charge in [0.05, 0.1) is 0 Å². The van der Waals surface area contributed by atoms with E-state index in [-0.39, 0.29) is 6.61 Å². The fourth-order valence-electron chi connectivity index (χ4n) is 1.52. The van der Waals surface area contributed by atoms with E-state index < -0.39 is 0 Å². The average molecular weight is 207 g/mol. The van der Waals surface area contributed by atoms with E-state index in [0.29, 0.717) is 5.92 Å². The van der Waals surface area contributed by atoms with Crippen molar-refractivity contribution < 1.29 is 5.11 Å². The lowest BCUT2D eigenvalue weighted by atomic mass is 10.0. The van der Waals surface area contributed by atoms with Gasteiger partial charge in [0.15, 0.2) is 0 Å². The molecule has 0 amide bonds. The third kappa shape index (κ3) is 3.65. The van der Waals surface area contributed by atoms with Gasteiger partial charge in [-0.05, 0) is 36.5 Å². The van der Waals surface area contributed by atoms with Crippen LogP contribution in [-0.2, 0) is 6.54 Å². The van der Waals surface area contributed by atoms with E-state index in [0.717, 1.165) is 13.1 Å². The first kappa shape index (κ1) is 12.2. The minimum Gasteiger partial charge on any atom is -0.396 e. The Morgan fingerprint density at radius 1 is 1.33 bits per heavy atom. The van der Waals surface area contributed by atoms with Crippen molar-refractivity contribution in [3.63, 3.8) is 0 Å². The summed E-state index contributed by atoms with van der Waals surface area (Å²) < 4.78 is 0. The van der Waals surface area contributed by atoms with Gasteiger partial charge in [0.25, 0.3) is 0 Å². The Labute approximate surface area is 92.3 Å². The van der Waals surface area contributed by atoms with Crippen LogP contribution < -0.4 is 5.32 Å². The van der Waals surface area contributed by atoms with Crippen LogP contribution in [0.1, 0.15) is 23.6 Å². The Hall–Kier alpha value is -0.860.